The fourth-order valence-corrected chi connectivity index (χ4v) is 5.15. The van der Waals surface area contributed by atoms with E-state index in [2.05, 4.69) is 5.32 Å². The van der Waals surface area contributed by atoms with Gasteiger partial charge < -0.3 is 57.8 Å². The second-order valence-electron chi connectivity index (χ2n) is 9.55. The van der Waals surface area contributed by atoms with Crippen LogP contribution in [0.5, 0.6) is 0 Å². The zero-order chi connectivity index (χ0) is 22.9. The molecule has 0 amide bonds. The van der Waals surface area contributed by atoms with Crippen molar-refractivity contribution in [1.82, 2.24) is 5.32 Å². The average Bonchev–Trinajstić information content (AvgIpc) is 2.71. The fraction of sp³-hybridized carbons (Fsp3) is 1.00. The molecule has 3 rings (SSSR count). The molecule has 12 unspecified atom stereocenters. The second-order valence-corrected chi connectivity index (χ2v) is 9.55. The van der Waals surface area contributed by atoms with Crippen molar-refractivity contribution >= 4 is 0 Å². The van der Waals surface area contributed by atoms with E-state index >= 15 is 0 Å². The van der Waals surface area contributed by atoms with Crippen LogP contribution in [0.4, 0.5) is 0 Å². The van der Waals surface area contributed by atoms with Crippen LogP contribution < -0.4 is 28.3 Å². The Morgan fingerprint density at radius 3 is 2.26 bits per heavy atom. The maximum atomic E-state index is 11.1. The van der Waals surface area contributed by atoms with Crippen molar-refractivity contribution in [1.29, 1.82) is 0 Å². The van der Waals surface area contributed by atoms with Gasteiger partial charge >= 0.3 is 0 Å². The third-order valence-corrected chi connectivity index (χ3v) is 7.08. The minimum atomic E-state index is -1.13. The molecule has 2 saturated carbocycles. The average molecular weight is 448 g/mol. The molecular formula is C20H41N5O6. The molecule has 3 fully saturated rings. The monoisotopic (exact) mass is 447 g/mol. The maximum Gasteiger partial charge on any atom is 0.173 e. The molecule has 0 aromatic heterocycles. The summed E-state index contributed by atoms with van der Waals surface area (Å²) in [5.74, 6) is 0. The van der Waals surface area contributed by atoms with E-state index in [9.17, 15) is 15.3 Å². The fourth-order valence-electron chi connectivity index (χ4n) is 5.15. The summed E-state index contributed by atoms with van der Waals surface area (Å²) in [5, 5.41) is 35.3. The molecule has 12 N–H and O–H groups in total. The number of nitrogens with one attached hydrogen (secondary N) is 1. The Kier molecular flexibility index (Phi) is 8.31. The van der Waals surface area contributed by atoms with E-state index in [4.69, 9.17) is 37.1 Å². The molecular weight excluding hydrogens is 406 g/mol. The molecule has 11 nitrogen and oxygen atoms in total. The summed E-state index contributed by atoms with van der Waals surface area (Å²) in [6, 6.07) is -1.98. The molecule has 0 radical (unpaired) electrons. The van der Waals surface area contributed by atoms with Crippen LogP contribution in [-0.4, -0.2) is 102 Å². The SMILES string of the molecule is CNC1C(O)C(OC2C(N)CC(N)C(OC3OC(CN)CCC3N)C2O)CCC1(C)O. The van der Waals surface area contributed by atoms with E-state index in [-0.39, 0.29) is 12.1 Å². The number of rotatable bonds is 6. The highest BCUT2D eigenvalue weighted by molar-refractivity contribution is 5.03. The largest absolute Gasteiger partial charge is 0.389 e. The predicted molar refractivity (Wildman–Crippen MR) is 114 cm³/mol. The minimum Gasteiger partial charge on any atom is -0.389 e. The number of hydrogen-bond acceptors (Lipinski definition) is 11. The van der Waals surface area contributed by atoms with Crippen molar-refractivity contribution in [2.45, 2.75) is 112 Å². The predicted octanol–water partition coefficient (Wildman–Crippen LogP) is -3.17. The van der Waals surface area contributed by atoms with Gasteiger partial charge in [0.25, 0.3) is 0 Å². The van der Waals surface area contributed by atoms with Gasteiger partial charge in [0.1, 0.15) is 18.3 Å². The van der Waals surface area contributed by atoms with E-state index in [1.165, 1.54) is 0 Å². The number of ether oxygens (including phenoxy) is 3. The highest BCUT2D eigenvalue weighted by Gasteiger charge is 2.50. The van der Waals surface area contributed by atoms with Gasteiger partial charge in [-0.3, -0.25) is 0 Å². The molecule has 0 bridgehead atoms. The van der Waals surface area contributed by atoms with E-state index in [0.717, 1.165) is 6.42 Å². The normalized spacial score (nSPS) is 51.6. The van der Waals surface area contributed by atoms with Gasteiger partial charge in [-0.2, -0.15) is 0 Å². The van der Waals surface area contributed by atoms with E-state index in [0.29, 0.717) is 32.2 Å². The van der Waals surface area contributed by atoms with Crippen LogP contribution in [0, 0.1) is 0 Å². The summed E-state index contributed by atoms with van der Waals surface area (Å²) in [7, 11) is 1.68. The first-order chi connectivity index (χ1) is 14.6. The van der Waals surface area contributed by atoms with Crippen LogP contribution in [0.25, 0.3) is 0 Å². The molecule has 1 saturated heterocycles. The quantitative estimate of drug-likeness (QED) is 0.204. The van der Waals surface area contributed by atoms with E-state index in [1.54, 1.807) is 14.0 Å². The van der Waals surface area contributed by atoms with Gasteiger partial charge in [0.2, 0.25) is 0 Å². The third kappa shape index (κ3) is 5.39. The van der Waals surface area contributed by atoms with Crippen LogP contribution in [0.3, 0.4) is 0 Å². The summed E-state index contributed by atoms with van der Waals surface area (Å²) in [6.07, 6.45) is -2.50. The highest BCUT2D eigenvalue weighted by Crippen LogP contribution is 2.34. The number of likely N-dealkylation sites (N-methyl/N-ethyl adjacent to an activating group) is 1. The van der Waals surface area contributed by atoms with Crippen LogP contribution in [0.2, 0.25) is 0 Å². The van der Waals surface area contributed by atoms with E-state index in [1.807, 2.05) is 0 Å². The van der Waals surface area contributed by atoms with Gasteiger partial charge in [-0.25, -0.2) is 0 Å². The lowest BCUT2D eigenvalue weighted by Crippen LogP contribution is -2.67. The molecule has 31 heavy (non-hydrogen) atoms. The smallest absolute Gasteiger partial charge is 0.173 e. The number of aliphatic hydroxyl groups excluding tert-OH is 2. The van der Waals surface area contributed by atoms with E-state index < -0.39 is 60.5 Å². The maximum absolute atomic E-state index is 11.1. The molecule has 1 aliphatic heterocycles. The summed E-state index contributed by atoms with van der Waals surface area (Å²) < 4.78 is 18.0. The zero-order valence-electron chi connectivity index (χ0n) is 18.5. The van der Waals surface area contributed by atoms with Gasteiger partial charge in [0.05, 0.1) is 36.0 Å². The minimum absolute atomic E-state index is 0.153. The Morgan fingerprint density at radius 1 is 1.00 bits per heavy atom. The van der Waals surface area contributed by atoms with Crippen LogP contribution in [0.15, 0.2) is 0 Å². The standard InChI is InChI=1S/C20H41N5O6/c1-20(28)6-5-13(14(26)18(20)25-2)30-16-11(23)7-12(24)17(15(16)27)31-19-10(22)4-3-9(8-21)29-19/h9-19,25-28H,3-8,21-24H2,1-2H3. The van der Waals surface area contributed by atoms with Crippen LogP contribution in [-0.2, 0) is 14.2 Å². The molecule has 1 heterocycles. The summed E-state index contributed by atoms with van der Waals surface area (Å²) in [6.45, 7) is 2.04. The Morgan fingerprint density at radius 2 is 1.65 bits per heavy atom. The van der Waals surface area contributed by atoms with Crippen molar-refractivity contribution in [3.05, 3.63) is 0 Å². The van der Waals surface area contributed by atoms with Gasteiger partial charge in [-0.15, -0.1) is 0 Å². The first-order valence-electron chi connectivity index (χ1n) is 11.3. The lowest BCUT2D eigenvalue weighted by molar-refractivity contribution is -0.262. The summed E-state index contributed by atoms with van der Waals surface area (Å²) >= 11 is 0. The Bertz CT molecular complexity index is 586. The highest BCUT2D eigenvalue weighted by atomic mass is 16.7. The third-order valence-electron chi connectivity index (χ3n) is 7.08. The van der Waals surface area contributed by atoms with Crippen molar-refractivity contribution in [3.8, 4) is 0 Å². The Balaban J connectivity index is 1.68. The van der Waals surface area contributed by atoms with Crippen molar-refractivity contribution in [2.75, 3.05) is 13.6 Å². The van der Waals surface area contributed by atoms with Gasteiger partial charge in [-0.05, 0) is 46.1 Å². The number of hydrogen-bond donors (Lipinski definition) is 8. The summed E-state index contributed by atoms with van der Waals surface area (Å²) in [5.41, 5.74) is 23.3. The molecule has 0 aromatic carbocycles. The first kappa shape index (κ1) is 25.2. The molecule has 2 aliphatic carbocycles. The topological polar surface area (TPSA) is 204 Å². The lowest BCUT2D eigenvalue weighted by atomic mass is 9.77. The number of aliphatic hydroxyl groups is 3. The van der Waals surface area contributed by atoms with Crippen molar-refractivity contribution in [3.63, 3.8) is 0 Å². The Hall–Kier alpha value is -0.440. The molecule has 12 atom stereocenters. The molecule has 182 valence electrons. The molecule has 11 heteroatoms. The van der Waals surface area contributed by atoms with Crippen LogP contribution >= 0.6 is 0 Å². The van der Waals surface area contributed by atoms with Crippen molar-refractivity contribution < 1.29 is 29.5 Å². The zero-order valence-corrected chi connectivity index (χ0v) is 18.5. The van der Waals surface area contributed by atoms with Gasteiger partial charge in [-0.1, -0.05) is 0 Å². The van der Waals surface area contributed by atoms with Gasteiger partial charge in [0, 0.05) is 18.6 Å². The number of nitrogens with two attached hydrogens (primary N) is 4. The van der Waals surface area contributed by atoms with Gasteiger partial charge in [0.15, 0.2) is 6.29 Å². The first-order valence-corrected chi connectivity index (χ1v) is 11.3. The Labute approximate surface area is 183 Å². The lowest BCUT2D eigenvalue weighted by Gasteiger charge is -2.48. The second kappa shape index (κ2) is 10.2. The summed E-state index contributed by atoms with van der Waals surface area (Å²) in [4.78, 5) is 0. The molecule has 3 aliphatic rings. The molecule has 0 aromatic rings. The molecule has 0 spiro atoms. The van der Waals surface area contributed by atoms with Crippen molar-refractivity contribution in [2.24, 2.45) is 22.9 Å². The van der Waals surface area contributed by atoms with Crippen LogP contribution in [0.1, 0.15) is 39.0 Å².